The standard InChI is InChI=1S/C15H28N4/c1-5-15(4)12-18(13(3)7-8-16-15)10-14-9-17-19(6-2)11-14/h9,11,13,16H,5-8,10,12H2,1-4H3. The minimum absolute atomic E-state index is 0.242. The van der Waals surface area contributed by atoms with Gasteiger partial charge in [-0.2, -0.15) is 5.10 Å². The van der Waals surface area contributed by atoms with Gasteiger partial charge in [-0.25, -0.2) is 0 Å². The first-order chi connectivity index (χ1) is 9.06. The molecule has 0 aromatic carbocycles. The number of aryl methyl sites for hydroxylation is 1. The topological polar surface area (TPSA) is 33.1 Å². The van der Waals surface area contributed by atoms with Gasteiger partial charge in [0.25, 0.3) is 0 Å². The molecule has 0 aliphatic carbocycles. The zero-order valence-electron chi connectivity index (χ0n) is 12.8. The lowest BCUT2D eigenvalue weighted by atomic mass is 9.98. The molecule has 1 aromatic heterocycles. The maximum absolute atomic E-state index is 4.38. The van der Waals surface area contributed by atoms with Crippen LogP contribution in [0.5, 0.6) is 0 Å². The molecule has 2 heterocycles. The molecule has 0 saturated carbocycles. The summed E-state index contributed by atoms with van der Waals surface area (Å²) in [6.07, 6.45) is 6.58. The van der Waals surface area contributed by atoms with Crippen molar-refractivity contribution in [2.24, 2.45) is 0 Å². The molecule has 0 bridgehead atoms. The van der Waals surface area contributed by atoms with Crippen LogP contribution in [0, 0.1) is 0 Å². The molecule has 1 aromatic rings. The summed E-state index contributed by atoms with van der Waals surface area (Å²) in [4.78, 5) is 2.60. The highest BCUT2D eigenvalue weighted by Crippen LogP contribution is 2.20. The highest BCUT2D eigenvalue weighted by Gasteiger charge is 2.30. The maximum Gasteiger partial charge on any atom is 0.0534 e. The third-order valence-electron chi connectivity index (χ3n) is 4.47. The van der Waals surface area contributed by atoms with Crippen LogP contribution in [-0.2, 0) is 13.1 Å². The molecule has 2 unspecified atom stereocenters. The second-order valence-electron chi connectivity index (χ2n) is 6.09. The number of rotatable bonds is 4. The van der Waals surface area contributed by atoms with Crippen molar-refractivity contribution < 1.29 is 0 Å². The molecule has 0 spiro atoms. The maximum atomic E-state index is 4.38. The summed E-state index contributed by atoms with van der Waals surface area (Å²) < 4.78 is 2.01. The van der Waals surface area contributed by atoms with Gasteiger partial charge in [0, 0.05) is 43.0 Å². The molecule has 1 aliphatic rings. The summed E-state index contributed by atoms with van der Waals surface area (Å²) in [6.45, 7) is 13.3. The Kier molecular flexibility index (Phi) is 4.63. The first-order valence-corrected chi connectivity index (χ1v) is 7.56. The van der Waals surface area contributed by atoms with Crippen LogP contribution in [0.4, 0.5) is 0 Å². The van der Waals surface area contributed by atoms with Crippen molar-refractivity contribution in [2.75, 3.05) is 13.1 Å². The fraction of sp³-hybridized carbons (Fsp3) is 0.800. The van der Waals surface area contributed by atoms with Crippen LogP contribution < -0.4 is 5.32 Å². The predicted molar refractivity (Wildman–Crippen MR) is 79.1 cm³/mol. The van der Waals surface area contributed by atoms with Gasteiger partial charge < -0.3 is 5.32 Å². The molecule has 0 amide bonds. The summed E-state index contributed by atoms with van der Waals surface area (Å²) in [5.41, 5.74) is 1.57. The Morgan fingerprint density at radius 3 is 2.89 bits per heavy atom. The van der Waals surface area contributed by atoms with Gasteiger partial charge in [-0.15, -0.1) is 0 Å². The fourth-order valence-electron chi connectivity index (χ4n) is 2.77. The van der Waals surface area contributed by atoms with Crippen molar-refractivity contribution in [3.63, 3.8) is 0 Å². The SMILES string of the molecule is CCn1cc(CN2CC(C)(CC)NCCC2C)cn1. The highest BCUT2D eigenvalue weighted by molar-refractivity contribution is 5.05. The van der Waals surface area contributed by atoms with E-state index in [4.69, 9.17) is 0 Å². The normalized spacial score (nSPS) is 29.4. The first-order valence-electron chi connectivity index (χ1n) is 7.56. The van der Waals surface area contributed by atoms with Crippen molar-refractivity contribution >= 4 is 0 Å². The lowest BCUT2D eigenvalue weighted by Gasteiger charge is -2.34. The van der Waals surface area contributed by atoms with E-state index in [1.165, 1.54) is 18.4 Å². The number of nitrogens with zero attached hydrogens (tertiary/aromatic N) is 3. The Morgan fingerprint density at radius 1 is 1.47 bits per heavy atom. The first kappa shape index (κ1) is 14.5. The number of hydrogen-bond acceptors (Lipinski definition) is 3. The van der Waals surface area contributed by atoms with Gasteiger partial charge in [-0.1, -0.05) is 6.92 Å². The minimum Gasteiger partial charge on any atom is -0.310 e. The molecule has 4 nitrogen and oxygen atoms in total. The number of nitrogens with one attached hydrogen (secondary N) is 1. The van der Waals surface area contributed by atoms with Crippen molar-refractivity contribution in [3.8, 4) is 0 Å². The lowest BCUT2D eigenvalue weighted by Crippen LogP contribution is -2.49. The van der Waals surface area contributed by atoms with E-state index in [1.54, 1.807) is 0 Å². The average molecular weight is 264 g/mol. The predicted octanol–water partition coefficient (Wildman–Crippen LogP) is 2.26. The van der Waals surface area contributed by atoms with E-state index in [9.17, 15) is 0 Å². The van der Waals surface area contributed by atoms with Gasteiger partial charge in [0.2, 0.25) is 0 Å². The molecule has 1 fully saturated rings. The van der Waals surface area contributed by atoms with Gasteiger partial charge in [0.1, 0.15) is 0 Å². The summed E-state index contributed by atoms with van der Waals surface area (Å²) >= 11 is 0. The van der Waals surface area contributed by atoms with Crippen LogP contribution in [0.15, 0.2) is 12.4 Å². The van der Waals surface area contributed by atoms with E-state index in [1.807, 2.05) is 10.9 Å². The zero-order valence-corrected chi connectivity index (χ0v) is 12.8. The van der Waals surface area contributed by atoms with Crippen molar-refractivity contribution in [1.82, 2.24) is 20.0 Å². The summed E-state index contributed by atoms with van der Waals surface area (Å²) in [6, 6.07) is 0.630. The molecule has 1 N–H and O–H groups in total. The monoisotopic (exact) mass is 264 g/mol. The van der Waals surface area contributed by atoms with Crippen molar-refractivity contribution in [2.45, 2.75) is 65.2 Å². The summed E-state index contributed by atoms with van der Waals surface area (Å²) in [5, 5.41) is 8.09. The molecular weight excluding hydrogens is 236 g/mol. The van der Waals surface area contributed by atoms with Crippen LogP contribution in [-0.4, -0.2) is 39.4 Å². The molecule has 19 heavy (non-hydrogen) atoms. The third-order valence-corrected chi connectivity index (χ3v) is 4.47. The smallest absolute Gasteiger partial charge is 0.0534 e. The van der Waals surface area contributed by atoms with Gasteiger partial charge in [-0.05, 0) is 40.2 Å². The van der Waals surface area contributed by atoms with Gasteiger partial charge in [-0.3, -0.25) is 9.58 Å². The molecule has 0 radical (unpaired) electrons. The van der Waals surface area contributed by atoms with Crippen LogP contribution in [0.25, 0.3) is 0 Å². The van der Waals surface area contributed by atoms with Crippen LogP contribution in [0.3, 0.4) is 0 Å². The highest BCUT2D eigenvalue weighted by atomic mass is 15.3. The van der Waals surface area contributed by atoms with Crippen LogP contribution >= 0.6 is 0 Å². The quantitative estimate of drug-likeness (QED) is 0.905. The van der Waals surface area contributed by atoms with E-state index >= 15 is 0 Å². The van der Waals surface area contributed by atoms with Gasteiger partial charge in [0.05, 0.1) is 6.20 Å². The second kappa shape index (κ2) is 6.06. The van der Waals surface area contributed by atoms with E-state index in [2.05, 4.69) is 49.2 Å². The van der Waals surface area contributed by atoms with Gasteiger partial charge in [0.15, 0.2) is 0 Å². The molecule has 1 saturated heterocycles. The van der Waals surface area contributed by atoms with Crippen molar-refractivity contribution in [3.05, 3.63) is 18.0 Å². The Morgan fingerprint density at radius 2 is 2.26 bits per heavy atom. The Bertz CT molecular complexity index is 401. The molecule has 2 atom stereocenters. The van der Waals surface area contributed by atoms with Gasteiger partial charge >= 0.3 is 0 Å². The van der Waals surface area contributed by atoms with E-state index in [0.717, 1.165) is 26.2 Å². The van der Waals surface area contributed by atoms with Crippen LogP contribution in [0.1, 0.15) is 46.1 Å². The molecular formula is C15H28N4. The molecule has 108 valence electrons. The Balaban J connectivity index is 2.07. The summed E-state index contributed by atoms with van der Waals surface area (Å²) in [5.74, 6) is 0. The largest absolute Gasteiger partial charge is 0.310 e. The third kappa shape index (κ3) is 3.57. The molecule has 2 rings (SSSR count). The Labute approximate surface area is 117 Å². The van der Waals surface area contributed by atoms with Crippen molar-refractivity contribution in [1.29, 1.82) is 0 Å². The lowest BCUT2D eigenvalue weighted by molar-refractivity contribution is 0.163. The second-order valence-corrected chi connectivity index (χ2v) is 6.09. The number of aromatic nitrogens is 2. The minimum atomic E-state index is 0.242. The fourth-order valence-corrected chi connectivity index (χ4v) is 2.77. The van der Waals surface area contributed by atoms with Crippen LogP contribution in [0.2, 0.25) is 0 Å². The average Bonchev–Trinajstić information content (AvgIpc) is 2.80. The summed E-state index contributed by atoms with van der Waals surface area (Å²) in [7, 11) is 0. The van der Waals surface area contributed by atoms with E-state index in [-0.39, 0.29) is 5.54 Å². The molecule has 4 heteroatoms. The Hall–Kier alpha value is -0.870. The van der Waals surface area contributed by atoms with E-state index in [0.29, 0.717) is 6.04 Å². The molecule has 1 aliphatic heterocycles. The number of hydrogen-bond donors (Lipinski definition) is 1. The zero-order chi connectivity index (χ0) is 13.9. The van der Waals surface area contributed by atoms with E-state index < -0.39 is 0 Å².